The summed E-state index contributed by atoms with van der Waals surface area (Å²) in [6.07, 6.45) is -4.53. The summed E-state index contributed by atoms with van der Waals surface area (Å²) in [5.41, 5.74) is -1.27. The molecule has 0 saturated heterocycles. The molecule has 0 spiro atoms. The molecule has 0 radical (unpaired) electrons. The highest BCUT2D eigenvalue weighted by Crippen LogP contribution is 2.32. The normalized spacial score (nSPS) is 11.2. The number of hydrogen-bond donors (Lipinski definition) is 0. The first-order valence-corrected chi connectivity index (χ1v) is 8.71. The molecule has 1 aromatic heterocycles. The van der Waals surface area contributed by atoms with Crippen LogP contribution in [0.2, 0.25) is 0 Å². The number of carbonyl (C=O) groups is 3. The SMILES string of the molecule is CCOC(=O)c1cc(C(=O)OCC)n(CC(=O)c2ccc(C(F)(F)F)c(C)c2)n1. The summed E-state index contributed by atoms with van der Waals surface area (Å²) in [5, 5.41) is 3.92. The maximum absolute atomic E-state index is 12.9. The van der Waals surface area contributed by atoms with E-state index in [-0.39, 0.29) is 35.7 Å². The van der Waals surface area contributed by atoms with Gasteiger partial charge in [0.05, 0.1) is 18.8 Å². The molecule has 0 aliphatic carbocycles. The Morgan fingerprint density at radius 1 is 1.03 bits per heavy atom. The number of benzene rings is 1. The fraction of sp³-hybridized carbons (Fsp3) is 0.368. The van der Waals surface area contributed by atoms with Crippen molar-refractivity contribution >= 4 is 17.7 Å². The molecule has 0 aliphatic rings. The number of esters is 2. The molecule has 0 amide bonds. The number of alkyl halides is 3. The van der Waals surface area contributed by atoms with Gasteiger partial charge in [-0.15, -0.1) is 0 Å². The van der Waals surface area contributed by atoms with Gasteiger partial charge in [0.1, 0.15) is 12.2 Å². The lowest BCUT2D eigenvalue weighted by atomic mass is 10.0. The minimum absolute atomic E-state index is 0.0125. The van der Waals surface area contributed by atoms with Crippen LogP contribution in [-0.4, -0.2) is 40.7 Å². The number of aryl methyl sites for hydroxylation is 1. The van der Waals surface area contributed by atoms with Gasteiger partial charge in [0, 0.05) is 11.6 Å². The summed E-state index contributed by atoms with van der Waals surface area (Å²) in [5.74, 6) is -2.17. The van der Waals surface area contributed by atoms with Gasteiger partial charge < -0.3 is 9.47 Å². The summed E-state index contributed by atoms with van der Waals surface area (Å²) in [4.78, 5) is 36.6. The Bertz CT molecular complexity index is 934. The van der Waals surface area contributed by atoms with Crippen molar-refractivity contribution in [2.24, 2.45) is 0 Å². The Hall–Kier alpha value is -3.17. The van der Waals surface area contributed by atoms with E-state index in [0.29, 0.717) is 0 Å². The van der Waals surface area contributed by atoms with Crippen LogP contribution in [0.15, 0.2) is 24.3 Å². The van der Waals surface area contributed by atoms with Gasteiger partial charge in [-0.1, -0.05) is 6.07 Å². The first-order chi connectivity index (χ1) is 13.6. The van der Waals surface area contributed by atoms with Gasteiger partial charge in [0.2, 0.25) is 0 Å². The second-order valence-corrected chi connectivity index (χ2v) is 5.96. The third-order valence-electron chi connectivity index (χ3n) is 3.90. The van der Waals surface area contributed by atoms with Crippen molar-refractivity contribution in [2.45, 2.75) is 33.5 Å². The predicted molar refractivity (Wildman–Crippen MR) is 94.7 cm³/mol. The molecule has 0 unspecified atom stereocenters. The van der Waals surface area contributed by atoms with Gasteiger partial charge in [-0.05, 0) is 38.5 Å². The van der Waals surface area contributed by atoms with Gasteiger partial charge in [-0.25, -0.2) is 14.3 Å². The molecule has 0 atom stereocenters. The second-order valence-electron chi connectivity index (χ2n) is 5.96. The average molecular weight is 412 g/mol. The van der Waals surface area contributed by atoms with E-state index in [2.05, 4.69) is 5.10 Å². The largest absolute Gasteiger partial charge is 0.461 e. The molecule has 2 rings (SSSR count). The number of ether oxygens (including phenoxy) is 2. The van der Waals surface area contributed by atoms with Crippen molar-refractivity contribution < 1.29 is 37.0 Å². The van der Waals surface area contributed by atoms with Crippen LogP contribution in [0.4, 0.5) is 13.2 Å². The van der Waals surface area contributed by atoms with Crippen molar-refractivity contribution in [3.63, 3.8) is 0 Å². The molecule has 0 aliphatic heterocycles. The number of ketones is 1. The molecule has 29 heavy (non-hydrogen) atoms. The number of carbonyl (C=O) groups excluding carboxylic acids is 3. The highest BCUT2D eigenvalue weighted by molar-refractivity contribution is 5.98. The smallest absolute Gasteiger partial charge is 0.416 e. The zero-order chi connectivity index (χ0) is 21.8. The van der Waals surface area contributed by atoms with Crippen LogP contribution < -0.4 is 0 Å². The van der Waals surface area contributed by atoms with Crippen molar-refractivity contribution in [3.05, 3.63) is 52.3 Å². The number of halogens is 3. The van der Waals surface area contributed by atoms with E-state index < -0.39 is 36.0 Å². The summed E-state index contributed by atoms with van der Waals surface area (Å²) in [6.45, 7) is 4.10. The number of hydrogen-bond acceptors (Lipinski definition) is 6. The maximum atomic E-state index is 12.9. The Labute approximate surface area is 164 Å². The Kier molecular flexibility index (Phi) is 6.78. The second kappa shape index (κ2) is 8.89. The van der Waals surface area contributed by atoms with Crippen LogP contribution in [0.5, 0.6) is 0 Å². The molecule has 1 aromatic carbocycles. The van der Waals surface area contributed by atoms with Gasteiger partial charge in [0.25, 0.3) is 0 Å². The number of rotatable bonds is 7. The summed E-state index contributed by atoms with van der Waals surface area (Å²) in [6, 6.07) is 4.13. The van der Waals surface area contributed by atoms with Crippen LogP contribution in [0, 0.1) is 6.92 Å². The molecule has 10 heteroatoms. The van der Waals surface area contributed by atoms with Gasteiger partial charge in [-0.2, -0.15) is 18.3 Å². The van der Waals surface area contributed by atoms with E-state index in [1.54, 1.807) is 13.8 Å². The molecule has 0 fully saturated rings. The van der Waals surface area contributed by atoms with Crippen LogP contribution in [0.3, 0.4) is 0 Å². The monoisotopic (exact) mass is 412 g/mol. The first-order valence-electron chi connectivity index (χ1n) is 8.71. The zero-order valence-corrected chi connectivity index (χ0v) is 16.0. The molecule has 0 bridgehead atoms. The Morgan fingerprint density at radius 3 is 2.21 bits per heavy atom. The fourth-order valence-electron chi connectivity index (χ4n) is 2.59. The lowest BCUT2D eigenvalue weighted by Crippen LogP contribution is -2.19. The summed E-state index contributed by atoms with van der Waals surface area (Å²) < 4.78 is 49.4. The molecule has 2 aromatic rings. The minimum Gasteiger partial charge on any atom is -0.461 e. The van der Waals surface area contributed by atoms with Crippen LogP contribution in [0.25, 0.3) is 0 Å². The number of Topliss-reactive ketones (excluding diaryl/α,β-unsaturated/α-hetero) is 1. The van der Waals surface area contributed by atoms with Crippen LogP contribution >= 0.6 is 0 Å². The minimum atomic E-state index is -4.53. The lowest BCUT2D eigenvalue weighted by Gasteiger charge is -2.11. The van der Waals surface area contributed by atoms with E-state index in [9.17, 15) is 27.6 Å². The molecule has 1 heterocycles. The van der Waals surface area contributed by atoms with Gasteiger partial charge in [-0.3, -0.25) is 4.79 Å². The molecular weight excluding hydrogens is 393 g/mol. The van der Waals surface area contributed by atoms with Crippen molar-refractivity contribution in [3.8, 4) is 0 Å². The van der Waals surface area contributed by atoms with E-state index in [4.69, 9.17) is 9.47 Å². The first kappa shape index (κ1) is 22.1. The lowest BCUT2D eigenvalue weighted by molar-refractivity contribution is -0.138. The maximum Gasteiger partial charge on any atom is 0.416 e. The third-order valence-corrected chi connectivity index (χ3v) is 3.90. The molecule has 156 valence electrons. The Morgan fingerprint density at radius 2 is 1.66 bits per heavy atom. The predicted octanol–water partition coefficient (Wildman–Crippen LogP) is 3.45. The highest BCUT2D eigenvalue weighted by Gasteiger charge is 2.32. The van der Waals surface area contributed by atoms with E-state index in [1.807, 2.05) is 0 Å². The van der Waals surface area contributed by atoms with E-state index in [1.165, 1.54) is 6.92 Å². The van der Waals surface area contributed by atoms with Crippen molar-refractivity contribution in [2.75, 3.05) is 13.2 Å². The quantitative estimate of drug-likeness (QED) is 0.511. The summed E-state index contributed by atoms with van der Waals surface area (Å²) >= 11 is 0. The van der Waals surface area contributed by atoms with Gasteiger partial charge in [0.15, 0.2) is 11.5 Å². The standard InChI is InChI=1S/C19H19F3N2O5/c1-4-28-17(26)14-9-15(18(27)29-5-2)24(23-14)10-16(25)12-6-7-13(11(3)8-12)19(20,21)22/h6-9H,4-5,10H2,1-3H3. The van der Waals surface area contributed by atoms with Crippen LogP contribution in [-0.2, 0) is 22.2 Å². The van der Waals surface area contributed by atoms with Crippen LogP contribution in [0.1, 0.15) is 56.3 Å². The summed E-state index contributed by atoms with van der Waals surface area (Å²) in [7, 11) is 0. The molecule has 0 saturated carbocycles. The molecule has 0 N–H and O–H groups in total. The third kappa shape index (κ3) is 5.21. The Balaban J connectivity index is 2.34. The van der Waals surface area contributed by atoms with E-state index >= 15 is 0 Å². The average Bonchev–Trinajstić information content (AvgIpc) is 3.05. The zero-order valence-electron chi connectivity index (χ0n) is 16.0. The number of nitrogens with zero attached hydrogens (tertiary/aromatic N) is 2. The molecule has 7 nitrogen and oxygen atoms in total. The van der Waals surface area contributed by atoms with Crippen molar-refractivity contribution in [1.29, 1.82) is 0 Å². The van der Waals surface area contributed by atoms with Gasteiger partial charge >= 0.3 is 18.1 Å². The highest BCUT2D eigenvalue weighted by atomic mass is 19.4. The van der Waals surface area contributed by atoms with E-state index in [0.717, 1.165) is 28.9 Å². The molecular formula is C19H19F3N2O5. The topological polar surface area (TPSA) is 87.5 Å². The number of aromatic nitrogens is 2. The van der Waals surface area contributed by atoms with Crippen molar-refractivity contribution in [1.82, 2.24) is 9.78 Å². The fourth-order valence-corrected chi connectivity index (χ4v) is 2.59.